The molecule has 5 N–H and O–H groups in total. The number of aliphatic hydroxyl groups excluding tert-OH is 2. The fourth-order valence-corrected chi connectivity index (χ4v) is 2.35. The SMILES string of the molecule is CNc1ccn([C@@H]2O[C@H](COP(=O)(O)O)[C@@H](O)[C@H]2O)c(=O)n1. The molecule has 0 saturated carbocycles. The van der Waals surface area contributed by atoms with Gasteiger partial charge in [0.15, 0.2) is 6.23 Å². The average molecular weight is 337 g/mol. The first-order valence-electron chi connectivity index (χ1n) is 6.21. The van der Waals surface area contributed by atoms with Crippen LogP contribution < -0.4 is 11.0 Å². The van der Waals surface area contributed by atoms with Crippen molar-refractivity contribution in [3.05, 3.63) is 22.7 Å². The fourth-order valence-electron chi connectivity index (χ4n) is 2.01. The van der Waals surface area contributed by atoms with Gasteiger partial charge >= 0.3 is 13.5 Å². The molecule has 0 radical (unpaired) electrons. The van der Waals surface area contributed by atoms with Gasteiger partial charge in [0.25, 0.3) is 0 Å². The lowest BCUT2D eigenvalue weighted by molar-refractivity contribution is -0.0542. The van der Waals surface area contributed by atoms with Gasteiger partial charge in [-0.15, -0.1) is 0 Å². The number of rotatable bonds is 5. The smallest absolute Gasteiger partial charge is 0.387 e. The van der Waals surface area contributed by atoms with Crippen molar-refractivity contribution < 1.29 is 33.8 Å². The molecule has 0 amide bonds. The van der Waals surface area contributed by atoms with Gasteiger partial charge in [-0.25, -0.2) is 9.36 Å². The van der Waals surface area contributed by atoms with Gasteiger partial charge in [0, 0.05) is 13.2 Å². The Kier molecular flexibility index (Phi) is 4.97. The summed E-state index contributed by atoms with van der Waals surface area (Å²) in [6, 6.07) is 1.46. The summed E-state index contributed by atoms with van der Waals surface area (Å²) in [5.41, 5.74) is -0.723. The van der Waals surface area contributed by atoms with E-state index in [1.54, 1.807) is 7.05 Å². The van der Waals surface area contributed by atoms with Crippen LogP contribution in [0, 0.1) is 0 Å². The number of ether oxygens (including phenoxy) is 1. The van der Waals surface area contributed by atoms with Crippen molar-refractivity contribution in [2.24, 2.45) is 0 Å². The topological polar surface area (TPSA) is 163 Å². The fraction of sp³-hybridized carbons (Fsp3) is 0.600. The van der Waals surface area contributed by atoms with Crippen LogP contribution in [0.15, 0.2) is 17.1 Å². The molecule has 22 heavy (non-hydrogen) atoms. The molecule has 1 aliphatic heterocycles. The first kappa shape index (κ1) is 17.0. The third-order valence-corrected chi connectivity index (χ3v) is 3.59. The molecule has 2 heterocycles. The summed E-state index contributed by atoms with van der Waals surface area (Å²) in [4.78, 5) is 32.8. The summed E-state index contributed by atoms with van der Waals surface area (Å²) in [7, 11) is -3.16. The van der Waals surface area contributed by atoms with Crippen molar-refractivity contribution in [2.45, 2.75) is 24.5 Å². The van der Waals surface area contributed by atoms with Gasteiger partial charge in [0.05, 0.1) is 6.61 Å². The van der Waals surface area contributed by atoms with E-state index in [9.17, 15) is 19.6 Å². The lowest BCUT2D eigenvalue weighted by atomic mass is 10.1. The van der Waals surface area contributed by atoms with Crippen molar-refractivity contribution in [2.75, 3.05) is 19.0 Å². The molecule has 11 nitrogen and oxygen atoms in total. The first-order chi connectivity index (χ1) is 10.2. The summed E-state index contributed by atoms with van der Waals surface area (Å²) in [5, 5.41) is 22.4. The van der Waals surface area contributed by atoms with E-state index in [4.69, 9.17) is 14.5 Å². The molecule has 0 aromatic carbocycles. The molecule has 1 aliphatic rings. The zero-order valence-corrected chi connectivity index (χ0v) is 12.3. The number of aliphatic hydroxyl groups is 2. The maximum atomic E-state index is 11.8. The standard InChI is InChI=1S/C10H16N3O8P/c1-11-6-2-3-13(10(16)12-6)9-8(15)7(14)5(21-9)4-20-22(17,18)19/h2-3,5,7-9,14-15H,4H2,1H3,(H,11,12,16)(H2,17,18,19)/t5-,7-,8-,9-/m1/s1. The number of nitrogens with one attached hydrogen (secondary N) is 1. The highest BCUT2D eigenvalue weighted by atomic mass is 31.2. The molecule has 0 bridgehead atoms. The van der Waals surface area contributed by atoms with Gasteiger partial charge < -0.3 is 30.1 Å². The van der Waals surface area contributed by atoms with E-state index in [0.29, 0.717) is 5.82 Å². The molecule has 4 atom stereocenters. The molecule has 0 unspecified atom stereocenters. The highest BCUT2D eigenvalue weighted by Gasteiger charge is 2.44. The Morgan fingerprint density at radius 3 is 2.68 bits per heavy atom. The van der Waals surface area contributed by atoms with Gasteiger partial charge in [0.2, 0.25) is 0 Å². The first-order valence-corrected chi connectivity index (χ1v) is 7.74. The third-order valence-electron chi connectivity index (χ3n) is 3.10. The molecule has 1 aromatic heterocycles. The van der Waals surface area contributed by atoms with Crippen LogP contribution in [0.5, 0.6) is 0 Å². The van der Waals surface area contributed by atoms with E-state index in [0.717, 1.165) is 4.57 Å². The molecule has 1 saturated heterocycles. The van der Waals surface area contributed by atoms with Crippen molar-refractivity contribution in [1.29, 1.82) is 0 Å². The van der Waals surface area contributed by atoms with Gasteiger partial charge in [-0.3, -0.25) is 9.09 Å². The van der Waals surface area contributed by atoms with Gasteiger partial charge in [-0.1, -0.05) is 0 Å². The third kappa shape index (κ3) is 3.70. The predicted molar refractivity (Wildman–Crippen MR) is 72.0 cm³/mol. The number of phosphoric ester groups is 1. The van der Waals surface area contributed by atoms with Crippen LogP contribution in [0.1, 0.15) is 6.23 Å². The van der Waals surface area contributed by atoms with E-state index in [-0.39, 0.29) is 0 Å². The average Bonchev–Trinajstić information content (AvgIpc) is 2.72. The second-order valence-corrected chi connectivity index (χ2v) is 5.82. The monoisotopic (exact) mass is 337 g/mol. The van der Waals surface area contributed by atoms with Crippen molar-refractivity contribution in [3.63, 3.8) is 0 Å². The number of anilines is 1. The maximum Gasteiger partial charge on any atom is 0.469 e. The highest BCUT2D eigenvalue weighted by molar-refractivity contribution is 7.46. The second kappa shape index (κ2) is 6.42. The summed E-state index contributed by atoms with van der Waals surface area (Å²) in [6.45, 7) is -0.643. The zero-order chi connectivity index (χ0) is 16.5. The highest BCUT2D eigenvalue weighted by Crippen LogP contribution is 2.38. The molecule has 12 heteroatoms. The lowest BCUT2D eigenvalue weighted by Crippen LogP contribution is -2.36. The Hall–Kier alpha value is -1.33. The van der Waals surface area contributed by atoms with E-state index in [2.05, 4.69) is 14.8 Å². The minimum absolute atomic E-state index is 0.315. The normalized spacial score (nSPS) is 28.8. The predicted octanol–water partition coefficient (Wildman–Crippen LogP) is -1.99. The van der Waals surface area contributed by atoms with E-state index in [1.165, 1.54) is 12.3 Å². The number of nitrogens with zero attached hydrogens (tertiary/aromatic N) is 2. The molecular formula is C10H16N3O8P. The van der Waals surface area contributed by atoms with Gasteiger partial charge in [-0.2, -0.15) is 4.98 Å². The Morgan fingerprint density at radius 1 is 1.45 bits per heavy atom. The summed E-state index contributed by atoms with van der Waals surface area (Å²) < 4.78 is 21.1. The minimum Gasteiger partial charge on any atom is -0.387 e. The number of hydrogen-bond acceptors (Lipinski definition) is 8. The molecule has 124 valence electrons. The zero-order valence-electron chi connectivity index (χ0n) is 11.4. The summed E-state index contributed by atoms with van der Waals surface area (Å²) in [5.74, 6) is 0.315. The molecule has 0 spiro atoms. The Morgan fingerprint density at radius 2 is 2.14 bits per heavy atom. The molecule has 2 rings (SSSR count). The minimum atomic E-state index is -4.74. The molecular weight excluding hydrogens is 321 g/mol. The van der Waals surface area contributed by atoms with Crippen LogP contribution in [0.25, 0.3) is 0 Å². The maximum absolute atomic E-state index is 11.8. The van der Waals surface area contributed by atoms with Gasteiger partial charge in [-0.05, 0) is 6.07 Å². The lowest BCUT2D eigenvalue weighted by Gasteiger charge is -2.17. The number of phosphoric acid groups is 1. The van der Waals surface area contributed by atoms with Crippen LogP contribution in [-0.2, 0) is 13.8 Å². The Labute approximate surface area is 124 Å². The molecule has 1 fully saturated rings. The summed E-state index contributed by atoms with van der Waals surface area (Å²) in [6.07, 6.45) is -4.10. The van der Waals surface area contributed by atoms with E-state index < -0.39 is 44.7 Å². The van der Waals surface area contributed by atoms with Crippen LogP contribution >= 0.6 is 7.82 Å². The van der Waals surface area contributed by atoms with Crippen LogP contribution in [0.2, 0.25) is 0 Å². The van der Waals surface area contributed by atoms with Crippen LogP contribution in [0.3, 0.4) is 0 Å². The van der Waals surface area contributed by atoms with Crippen molar-refractivity contribution >= 4 is 13.6 Å². The number of aromatic nitrogens is 2. The van der Waals surface area contributed by atoms with Crippen LogP contribution in [-0.4, -0.2) is 61.5 Å². The van der Waals surface area contributed by atoms with Crippen LogP contribution in [0.4, 0.5) is 5.82 Å². The summed E-state index contributed by atoms with van der Waals surface area (Å²) >= 11 is 0. The number of hydrogen-bond donors (Lipinski definition) is 5. The quantitative estimate of drug-likeness (QED) is 0.380. The van der Waals surface area contributed by atoms with Crippen molar-refractivity contribution in [3.8, 4) is 0 Å². The molecule has 0 aliphatic carbocycles. The van der Waals surface area contributed by atoms with Crippen molar-refractivity contribution in [1.82, 2.24) is 9.55 Å². The molecule has 1 aromatic rings. The Bertz CT molecular complexity index is 631. The van der Waals surface area contributed by atoms with Gasteiger partial charge in [0.1, 0.15) is 24.1 Å². The largest absolute Gasteiger partial charge is 0.469 e. The van der Waals surface area contributed by atoms with E-state index >= 15 is 0 Å². The second-order valence-electron chi connectivity index (χ2n) is 4.59. The Balaban J connectivity index is 2.16. The van der Waals surface area contributed by atoms with E-state index in [1.807, 2.05) is 0 Å².